The molecule has 6 nitrogen and oxygen atoms in total. The van der Waals surface area contributed by atoms with Gasteiger partial charge in [-0.2, -0.15) is 10.1 Å². The molecule has 110 valence electrons. The van der Waals surface area contributed by atoms with E-state index in [2.05, 4.69) is 29.1 Å². The van der Waals surface area contributed by atoms with Crippen LogP contribution in [-0.2, 0) is 13.5 Å². The molecule has 20 heavy (non-hydrogen) atoms. The van der Waals surface area contributed by atoms with Gasteiger partial charge < -0.3 is 10.3 Å². The number of nitrogens with two attached hydrogens (primary N) is 1. The fraction of sp³-hybridized carbons (Fsp3) is 0.643. The lowest BCUT2D eigenvalue weighted by Gasteiger charge is -2.18. The van der Waals surface area contributed by atoms with Gasteiger partial charge in [0.1, 0.15) is 5.69 Å². The van der Waals surface area contributed by atoms with Crippen molar-refractivity contribution in [2.24, 2.45) is 24.6 Å². The lowest BCUT2D eigenvalue weighted by molar-refractivity contribution is 0.313. The van der Waals surface area contributed by atoms with Gasteiger partial charge in [0, 0.05) is 19.7 Å². The van der Waals surface area contributed by atoms with E-state index in [4.69, 9.17) is 10.3 Å². The Hall–Kier alpha value is -1.69. The van der Waals surface area contributed by atoms with Crippen molar-refractivity contribution in [3.63, 3.8) is 0 Å². The van der Waals surface area contributed by atoms with Crippen LogP contribution in [0.2, 0.25) is 0 Å². The predicted octanol–water partition coefficient (Wildman–Crippen LogP) is 2.02. The SMILES string of the molecule is CC(C)C(CCN)CCc1nc(-c2ccn(C)n2)no1. The minimum atomic E-state index is 0.556. The summed E-state index contributed by atoms with van der Waals surface area (Å²) in [4.78, 5) is 4.40. The highest BCUT2D eigenvalue weighted by molar-refractivity contribution is 5.46. The fourth-order valence-electron chi connectivity index (χ4n) is 2.33. The Labute approximate surface area is 119 Å². The molecular weight excluding hydrogens is 254 g/mol. The van der Waals surface area contributed by atoms with Crippen molar-refractivity contribution in [1.29, 1.82) is 0 Å². The summed E-state index contributed by atoms with van der Waals surface area (Å²) in [5, 5.41) is 8.24. The summed E-state index contributed by atoms with van der Waals surface area (Å²) in [6, 6.07) is 1.87. The van der Waals surface area contributed by atoms with Gasteiger partial charge in [-0.3, -0.25) is 4.68 Å². The van der Waals surface area contributed by atoms with Crippen LogP contribution in [0.4, 0.5) is 0 Å². The van der Waals surface area contributed by atoms with Crippen LogP contribution in [-0.4, -0.2) is 26.5 Å². The average molecular weight is 277 g/mol. The Morgan fingerprint density at radius 2 is 2.15 bits per heavy atom. The van der Waals surface area contributed by atoms with Crippen molar-refractivity contribution in [2.75, 3.05) is 6.54 Å². The van der Waals surface area contributed by atoms with Gasteiger partial charge in [0.15, 0.2) is 0 Å². The van der Waals surface area contributed by atoms with E-state index in [1.165, 1.54) is 0 Å². The molecule has 0 saturated heterocycles. The second-order valence-corrected chi connectivity index (χ2v) is 5.51. The highest BCUT2D eigenvalue weighted by atomic mass is 16.5. The zero-order valence-electron chi connectivity index (χ0n) is 12.4. The van der Waals surface area contributed by atoms with Crippen LogP contribution in [0.25, 0.3) is 11.5 Å². The van der Waals surface area contributed by atoms with E-state index in [0.29, 0.717) is 23.6 Å². The van der Waals surface area contributed by atoms with Crippen molar-refractivity contribution in [2.45, 2.75) is 33.1 Å². The van der Waals surface area contributed by atoms with Crippen LogP contribution >= 0.6 is 0 Å². The van der Waals surface area contributed by atoms with Crippen LogP contribution in [0.3, 0.4) is 0 Å². The molecule has 2 rings (SSSR count). The molecule has 0 aliphatic heterocycles. The van der Waals surface area contributed by atoms with Gasteiger partial charge in [0.05, 0.1) is 0 Å². The Morgan fingerprint density at radius 3 is 2.75 bits per heavy atom. The van der Waals surface area contributed by atoms with Crippen molar-refractivity contribution < 1.29 is 4.52 Å². The maximum atomic E-state index is 5.66. The Balaban J connectivity index is 1.96. The Bertz CT molecular complexity index is 531. The second-order valence-electron chi connectivity index (χ2n) is 5.51. The summed E-state index contributed by atoms with van der Waals surface area (Å²) >= 11 is 0. The van der Waals surface area contributed by atoms with E-state index in [1.807, 2.05) is 19.3 Å². The van der Waals surface area contributed by atoms with E-state index >= 15 is 0 Å². The first-order chi connectivity index (χ1) is 9.60. The van der Waals surface area contributed by atoms with Crippen molar-refractivity contribution in [1.82, 2.24) is 19.9 Å². The molecule has 0 bridgehead atoms. The molecule has 2 N–H and O–H groups in total. The number of rotatable bonds is 7. The number of hydrogen-bond acceptors (Lipinski definition) is 5. The first kappa shape index (κ1) is 14.7. The summed E-state index contributed by atoms with van der Waals surface area (Å²) in [6.45, 7) is 5.19. The maximum Gasteiger partial charge on any atom is 0.227 e. The summed E-state index contributed by atoms with van der Waals surface area (Å²) in [6.07, 6.45) is 4.72. The van der Waals surface area contributed by atoms with Crippen LogP contribution < -0.4 is 5.73 Å². The van der Waals surface area contributed by atoms with Gasteiger partial charge in [0.2, 0.25) is 11.7 Å². The van der Waals surface area contributed by atoms with Gasteiger partial charge in [-0.05, 0) is 37.3 Å². The van der Waals surface area contributed by atoms with E-state index < -0.39 is 0 Å². The predicted molar refractivity (Wildman–Crippen MR) is 76.8 cm³/mol. The molecule has 0 spiro atoms. The van der Waals surface area contributed by atoms with Crippen molar-refractivity contribution in [3.05, 3.63) is 18.2 Å². The molecule has 0 aliphatic rings. The lowest BCUT2D eigenvalue weighted by Crippen LogP contribution is -2.15. The topological polar surface area (TPSA) is 82.8 Å². The molecule has 0 aromatic carbocycles. The standard InChI is InChI=1S/C14H23N5O/c1-10(2)11(6-8-15)4-5-13-16-14(18-20-13)12-7-9-19(3)17-12/h7,9-11H,4-6,8,15H2,1-3H3. The maximum absolute atomic E-state index is 5.66. The molecule has 0 radical (unpaired) electrons. The van der Waals surface area contributed by atoms with Crippen LogP contribution in [0.1, 0.15) is 32.6 Å². The van der Waals surface area contributed by atoms with Gasteiger partial charge in [-0.1, -0.05) is 19.0 Å². The van der Waals surface area contributed by atoms with Gasteiger partial charge in [-0.15, -0.1) is 0 Å². The molecule has 6 heteroatoms. The number of aryl methyl sites for hydroxylation is 2. The van der Waals surface area contributed by atoms with Gasteiger partial charge in [0.25, 0.3) is 0 Å². The summed E-state index contributed by atoms with van der Waals surface area (Å²) in [5.41, 5.74) is 6.40. The van der Waals surface area contributed by atoms with Crippen molar-refractivity contribution in [3.8, 4) is 11.5 Å². The van der Waals surface area contributed by atoms with Gasteiger partial charge >= 0.3 is 0 Å². The molecule has 0 amide bonds. The highest BCUT2D eigenvalue weighted by Gasteiger charge is 2.16. The quantitative estimate of drug-likeness (QED) is 0.837. The molecule has 2 aromatic heterocycles. The van der Waals surface area contributed by atoms with Crippen LogP contribution in [0.15, 0.2) is 16.8 Å². The number of aromatic nitrogens is 4. The van der Waals surface area contributed by atoms with Crippen LogP contribution in [0, 0.1) is 11.8 Å². The van der Waals surface area contributed by atoms with E-state index in [-0.39, 0.29) is 0 Å². The zero-order valence-corrected chi connectivity index (χ0v) is 12.4. The fourth-order valence-corrected chi connectivity index (χ4v) is 2.33. The number of nitrogens with zero attached hydrogens (tertiary/aromatic N) is 4. The summed E-state index contributed by atoms with van der Waals surface area (Å²) in [5.74, 6) is 2.45. The normalized spacial score (nSPS) is 13.1. The first-order valence-corrected chi connectivity index (χ1v) is 7.12. The molecular formula is C14H23N5O. The van der Waals surface area contributed by atoms with Gasteiger partial charge in [-0.25, -0.2) is 0 Å². The smallest absolute Gasteiger partial charge is 0.227 e. The van der Waals surface area contributed by atoms with E-state index in [1.54, 1.807) is 4.68 Å². The third-order valence-corrected chi connectivity index (χ3v) is 3.62. The molecule has 1 atom stereocenters. The molecule has 1 unspecified atom stereocenters. The molecule has 2 heterocycles. The monoisotopic (exact) mass is 277 g/mol. The minimum Gasteiger partial charge on any atom is -0.339 e. The van der Waals surface area contributed by atoms with E-state index in [9.17, 15) is 0 Å². The largest absolute Gasteiger partial charge is 0.339 e. The molecule has 0 fully saturated rings. The summed E-state index contributed by atoms with van der Waals surface area (Å²) < 4.78 is 7.02. The van der Waals surface area contributed by atoms with E-state index in [0.717, 1.165) is 31.5 Å². The Morgan fingerprint density at radius 1 is 1.35 bits per heavy atom. The third-order valence-electron chi connectivity index (χ3n) is 3.62. The average Bonchev–Trinajstić information content (AvgIpc) is 3.02. The zero-order chi connectivity index (χ0) is 14.5. The second kappa shape index (κ2) is 6.65. The van der Waals surface area contributed by atoms with Crippen molar-refractivity contribution >= 4 is 0 Å². The number of hydrogen-bond donors (Lipinski definition) is 1. The summed E-state index contributed by atoms with van der Waals surface area (Å²) in [7, 11) is 1.87. The highest BCUT2D eigenvalue weighted by Crippen LogP contribution is 2.21. The molecule has 0 saturated carbocycles. The molecule has 0 aliphatic carbocycles. The lowest BCUT2D eigenvalue weighted by atomic mass is 9.88. The Kier molecular flexibility index (Phi) is 4.89. The first-order valence-electron chi connectivity index (χ1n) is 7.12. The third kappa shape index (κ3) is 3.66. The van der Waals surface area contributed by atoms with Crippen LogP contribution in [0.5, 0.6) is 0 Å². The molecule has 2 aromatic rings. The minimum absolute atomic E-state index is 0.556.